The molecule has 124 valence electrons. The molecule has 4 nitrogen and oxygen atoms in total. The van der Waals surface area contributed by atoms with Gasteiger partial charge in [0.15, 0.2) is 5.82 Å². The van der Waals surface area contributed by atoms with Gasteiger partial charge in [0.25, 0.3) is 0 Å². The Morgan fingerprint density at radius 2 is 2.17 bits per heavy atom. The number of allylic oxidation sites excluding steroid dienone is 1. The molecule has 8 heteroatoms. The van der Waals surface area contributed by atoms with Gasteiger partial charge >= 0.3 is 0 Å². The molecule has 0 aliphatic carbocycles. The van der Waals surface area contributed by atoms with Crippen LogP contribution in [0.1, 0.15) is 18.3 Å². The quantitative estimate of drug-likeness (QED) is 0.758. The van der Waals surface area contributed by atoms with Crippen molar-refractivity contribution >= 4 is 49.4 Å². The van der Waals surface area contributed by atoms with Gasteiger partial charge in [0.2, 0.25) is 0 Å². The second-order valence-corrected chi connectivity index (χ2v) is 7.50. The van der Waals surface area contributed by atoms with Gasteiger partial charge in [-0.25, -0.2) is 14.4 Å². The molecular formula is C16H14Cl2FN4P. The zero-order chi connectivity index (χ0) is 17.1. The zero-order valence-corrected chi connectivity index (χ0v) is 15.2. The highest BCUT2D eigenvalue weighted by atomic mass is 35.5. The maximum atomic E-state index is 13.8. The number of aromatic nitrogens is 2. The van der Waals surface area contributed by atoms with Gasteiger partial charge in [0.05, 0.1) is 12.0 Å². The largest absolute Gasteiger partial charge is 0.365 e. The van der Waals surface area contributed by atoms with Crippen LogP contribution in [0.15, 0.2) is 35.2 Å². The average molecular weight is 383 g/mol. The van der Waals surface area contributed by atoms with Gasteiger partial charge in [-0.05, 0) is 24.9 Å². The molecule has 0 radical (unpaired) electrons. The summed E-state index contributed by atoms with van der Waals surface area (Å²) >= 11 is 11.9. The van der Waals surface area contributed by atoms with Crippen LogP contribution in [0.3, 0.4) is 0 Å². The lowest BCUT2D eigenvalue weighted by atomic mass is 10.2. The van der Waals surface area contributed by atoms with Crippen molar-refractivity contribution in [3.63, 3.8) is 0 Å². The molecule has 0 saturated heterocycles. The number of nitrogens with zero attached hydrogens (tertiary/aromatic N) is 3. The van der Waals surface area contributed by atoms with Crippen molar-refractivity contribution in [2.24, 2.45) is 4.99 Å². The van der Waals surface area contributed by atoms with E-state index in [0.29, 0.717) is 41.6 Å². The molecular weight excluding hydrogens is 369 g/mol. The molecule has 2 aromatic rings. The number of rotatable bonds is 4. The molecule has 0 bridgehead atoms. The summed E-state index contributed by atoms with van der Waals surface area (Å²) in [5.74, 6) is 2.99. The lowest BCUT2D eigenvalue weighted by molar-refractivity contribution is 0.613. The minimum atomic E-state index is -0.377. The predicted octanol–water partition coefficient (Wildman–Crippen LogP) is 4.98. The Balaban J connectivity index is 1.78. The minimum absolute atomic E-state index is 0.241. The molecule has 0 saturated carbocycles. The number of hydrogen-bond donors (Lipinski definition) is 1. The summed E-state index contributed by atoms with van der Waals surface area (Å²) in [5.41, 5.74) is 1.34. The first-order valence-corrected chi connectivity index (χ1v) is 9.14. The Kier molecular flexibility index (Phi) is 5.44. The SMILES string of the molecule is CC1N=CC(c2ncc(Cl)c(NCc3ccc(Cl)cc3F)n2)=CP1. The lowest BCUT2D eigenvalue weighted by Gasteiger charge is -2.13. The van der Waals surface area contributed by atoms with E-state index < -0.39 is 0 Å². The highest BCUT2D eigenvalue weighted by Crippen LogP contribution is 2.30. The van der Waals surface area contributed by atoms with Gasteiger partial charge in [0, 0.05) is 28.9 Å². The van der Waals surface area contributed by atoms with Crippen LogP contribution in [0.4, 0.5) is 10.2 Å². The number of benzene rings is 1. The Bertz CT molecular complexity index is 826. The molecule has 24 heavy (non-hydrogen) atoms. The third-order valence-corrected chi connectivity index (χ3v) is 5.00. The summed E-state index contributed by atoms with van der Waals surface area (Å²) in [6, 6.07) is 4.54. The number of halogens is 3. The molecule has 2 atom stereocenters. The first-order valence-electron chi connectivity index (χ1n) is 7.23. The second-order valence-electron chi connectivity index (χ2n) is 5.20. The van der Waals surface area contributed by atoms with Crippen LogP contribution in [0.5, 0.6) is 0 Å². The smallest absolute Gasteiger partial charge is 0.163 e. The fraction of sp³-hybridized carbons (Fsp3) is 0.188. The Labute approximate surface area is 151 Å². The molecule has 1 N–H and O–H groups in total. The maximum absolute atomic E-state index is 13.8. The van der Waals surface area contributed by atoms with E-state index in [0.717, 1.165) is 5.57 Å². The minimum Gasteiger partial charge on any atom is -0.365 e. The van der Waals surface area contributed by atoms with Crippen LogP contribution < -0.4 is 5.32 Å². The number of nitrogens with one attached hydrogen (secondary N) is 1. The molecule has 2 unspecified atom stereocenters. The van der Waals surface area contributed by atoms with Gasteiger partial charge in [0.1, 0.15) is 16.7 Å². The van der Waals surface area contributed by atoms with Crippen molar-refractivity contribution < 1.29 is 4.39 Å². The van der Waals surface area contributed by atoms with E-state index >= 15 is 0 Å². The Hall–Kier alpha value is -1.55. The van der Waals surface area contributed by atoms with Crippen LogP contribution in [-0.2, 0) is 6.54 Å². The Morgan fingerprint density at radius 1 is 1.33 bits per heavy atom. The average Bonchev–Trinajstić information content (AvgIpc) is 2.56. The second kappa shape index (κ2) is 7.56. The fourth-order valence-electron chi connectivity index (χ4n) is 2.08. The first-order chi connectivity index (χ1) is 11.5. The van der Waals surface area contributed by atoms with Crippen molar-refractivity contribution in [2.75, 3.05) is 5.32 Å². The van der Waals surface area contributed by atoms with E-state index in [2.05, 4.69) is 33.0 Å². The number of anilines is 1. The van der Waals surface area contributed by atoms with E-state index in [1.54, 1.807) is 18.3 Å². The maximum Gasteiger partial charge on any atom is 0.163 e. The molecule has 1 aliphatic rings. The molecule has 1 aromatic heterocycles. The van der Waals surface area contributed by atoms with Crippen molar-refractivity contribution in [2.45, 2.75) is 19.3 Å². The topological polar surface area (TPSA) is 50.2 Å². The van der Waals surface area contributed by atoms with E-state index in [4.69, 9.17) is 23.2 Å². The van der Waals surface area contributed by atoms with Crippen LogP contribution in [-0.4, -0.2) is 22.0 Å². The summed E-state index contributed by atoms with van der Waals surface area (Å²) < 4.78 is 13.8. The standard InChI is InChI=1S/C16H14Cl2FN4P/c1-9-20-6-11(8-24-9)15-22-7-13(18)16(23-15)21-5-10-2-3-12(17)4-14(10)19/h2-4,6-9,24H,5H2,1H3,(H,21,22,23). The van der Waals surface area contributed by atoms with E-state index in [-0.39, 0.29) is 12.4 Å². The fourth-order valence-corrected chi connectivity index (χ4v) is 3.18. The summed E-state index contributed by atoms with van der Waals surface area (Å²) in [4.78, 5) is 13.0. The molecule has 2 heterocycles. The van der Waals surface area contributed by atoms with Crippen LogP contribution in [0, 0.1) is 5.82 Å². The summed E-state index contributed by atoms with van der Waals surface area (Å²) in [7, 11) is 0.595. The number of hydrogen-bond acceptors (Lipinski definition) is 4. The van der Waals surface area contributed by atoms with Gasteiger partial charge in [-0.1, -0.05) is 37.8 Å². The summed E-state index contributed by atoms with van der Waals surface area (Å²) in [6.07, 6.45) is 3.30. The first kappa shape index (κ1) is 17.3. The monoisotopic (exact) mass is 382 g/mol. The van der Waals surface area contributed by atoms with Gasteiger partial charge in [-0.2, -0.15) is 0 Å². The van der Waals surface area contributed by atoms with Gasteiger partial charge < -0.3 is 5.32 Å². The van der Waals surface area contributed by atoms with E-state index in [1.807, 2.05) is 0 Å². The molecule has 0 amide bonds. The zero-order valence-electron chi connectivity index (χ0n) is 12.7. The molecule has 0 spiro atoms. The highest BCUT2D eigenvalue weighted by Gasteiger charge is 2.12. The third-order valence-electron chi connectivity index (χ3n) is 3.38. The van der Waals surface area contributed by atoms with E-state index in [9.17, 15) is 4.39 Å². The number of aliphatic imine (C=N–C) groups is 1. The molecule has 3 rings (SSSR count). The third kappa shape index (κ3) is 4.10. The normalized spacial score (nSPS) is 17.8. The predicted molar refractivity (Wildman–Crippen MR) is 100 cm³/mol. The Morgan fingerprint density at radius 3 is 2.88 bits per heavy atom. The van der Waals surface area contributed by atoms with Crippen molar-refractivity contribution in [3.05, 3.63) is 57.5 Å². The van der Waals surface area contributed by atoms with Crippen molar-refractivity contribution in [1.82, 2.24) is 9.97 Å². The highest BCUT2D eigenvalue weighted by molar-refractivity contribution is 7.43. The van der Waals surface area contributed by atoms with Crippen LogP contribution in [0.25, 0.3) is 5.57 Å². The summed E-state index contributed by atoms with van der Waals surface area (Å²) in [5, 5.41) is 3.77. The molecule has 0 fully saturated rings. The van der Waals surface area contributed by atoms with Crippen molar-refractivity contribution in [1.29, 1.82) is 0 Å². The summed E-state index contributed by atoms with van der Waals surface area (Å²) in [6.45, 7) is 2.30. The van der Waals surface area contributed by atoms with Crippen LogP contribution >= 0.6 is 31.8 Å². The van der Waals surface area contributed by atoms with Gasteiger partial charge in [-0.3, -0.25) is 4.99 Å². The lowest BCUT2D eigenvalue weighted by Crippen LogP contribution is -2.07. The van der Waals surface area contributed by atoms with E-state index in [1.165, 1.54) is 12.3 Å². The van der Waals surface area contributed by atoms with Crippen LogP contribution in [0.2, 0.25) is 10.0 Å². The molecule has 1 aliphatic heterocycles. The molecule has 1 aromatic carbocycles. The van der Waals surface area contributed by atoms with Crippen molar-refractivity contribution in [3.8, 4) is 0 Å². The van der Waals surface area contributed by atoms with Gasteiger partial charge in [-0.15, -0.1) is 0 Å².